The Bertz CT molecular complexity index is 407. The maximum Gasteiger partial charge on any atom is 0.0104 e. The van der Waals surface area contributed by atoms with E-state index in [0.29, 0.717) is 6.04 Å². The molecule has 1 aliphatic rings. The van der Waals surface area contributed by atoms with Crippen LogP contribution in [0.3, 0.4) is 0 Å². The number of benzene rings is 1. The van der Waals surface area contributed by atoms with E-state index >= 15 is 0 Å². The first-order valence-electron chi connectivity index (χ1n) is 8.83. The highest BCUT2D eigenvalue weighted by Crippen LogP contribution is 2.23. The summed E-state index contributed by atoms with van der Waals surface area (Å²) in [5, 5.41) is 3.76. The standard InChI is InChI=1S/C20H31N/c1-2-16-21-20(17-19-12-7-4-8-13-19)15-9-14-18-10-5-3-6-11-18/h3,5-6,10-12,20-21H,2,4,7-9,13-17H2,1H3. The van der Waals surface area contributed by atoms with Crippen molar-refractivity contribution in [2.45, 2.75) is 70.8 Å². The molecular weight excluding hydrogens is 254 g/mol. The summed E-state index contributed by atoms with van der Waals surface area (Å²) in [5.41, 5.74) is 3.18. The van der Waals surface area contributed by atoms with E-state index in [9.17, 15) is 0 Å². The Kier molecular flexibility index (Phi) is 7.59. The van der Waals surface area contributed by atoms with E-state index in [1.807, 2.05) is 0 Å². The third-order valence-corrected chi connectivity index (χ3v) is 4.44. The summed E-state index contributed by atoms with van der Waals surface area (Å²) in [4.78, 5) is 0. The molecule has 1 aliphatic carbocycles. The summed E-state index contributed by atoms with van der Waals surface area (Å²) in [7, 11) is 0. The minimum Gasteiger partial charge on any atom is -0.314 e. The largest absolute Gasteiger partial charge is 0.314 e. The molecule has 0 amide bonds. The lowest BCUT2D eigenvalue weighted by atomic mass is 9.92. The van der Waals surface area contributed by atoms with Gasteiger partial charge in [-0.3, -0.25) is 0 Å². The monoisotopic (exact) mass is 285 g/mol. The summed E-state index contributed by atoms with van der Waals surface area (Å²) in [6.07, 6.45) is 14.2. The third-order valence-electron chi connectivity index (χ3n) is 4.44. The minimum atomic E-state index is 0.679. The number of hydrogen-bond donors (Lipinski definition) is 1. The molecule has 0 bridgehead atoms. The van der Waals surface area contributed by atoms with E-state index in [1.54, 1.807) is 5.57 Å². The van der Waals surface area contributed by atoms with Gasteiger partial charge in [0.05, 0.1) is 0 Å². The summed E-state index contributed by atoms with van der Waals surface area (Å²) in [6.45, 7) is 3.41. The Labute approximate surface area is 130 Å². The van der Waals surface area contributed by atoms with Crippen LogP contribution in [0.5, 0.6) is 0 Å². The maximum atomic E-state index is 3.76. The molecule has 1 N–H and O–H groups in total. The van der Waals surface area contributed by atoms with Gasteiger partial charge in [0.1, 0.15) is 0 Å². The lowest BCUT2D eigenvalue weighted by Crippen LogP contribution is -2.30. The molecule has 1 atom stereocenters. The van der Waals surface area contributed by atoms with Gasteiger partial charge in [0.2, 0.25) is 0 Å². The molecule has 0 aliphatic heterocycles. The molecule has 116 valence electrons. The van der Waals surface area contributed by atoms with E-state index in [4.69, 9.17) is 0 Å². The molecule has 21 heavy (non-hydrogen) atoms. The molecule has 2 rings (SSSR count). The molecule has 0 fully saturated rings. The molecular formula is C20H31N. The summed E-state index contributed by atoms with van der Waals surface area (Å²) in [5.74, 6) is 0. The molecule has 0 saturated heterocycles. The van der Waals surface area contributed by atoms with Crippen molar-refractivity contribution in [2.75, 3.05) is 6.54 Å². The number of aryl methyl sites for hydroxylation is 1. The summed E-state index contributed by atoms with van der Waals surface area (Å²) < 4.78 is 0. The quantitative estimate of drug-likeness (QED) is 0.610. The van der Waals surface area contributed by atoms with Crippen molar-refractivity contribution in [3.63, 3.8) is 0 Å². The number of nitrogens with one attached hydrogen (secondary N) is 1. The predicted octanol–water partition coefficient (Wildman–Crippen LogP) is 5.27. The predicted molar refractivity (Wildman–Crippen MR) is 92.6 cm³/mol. The normalized spacial score (nSPS) is 16.5. The second-order valence-electron chi connectivity index (χ2n) is 6.34. The zero-order chi connectivity index (χ0) is 14.8. The zero-order valence-electron chi connectivity index (χ0n) is 13.6. The van der Waals surface area contributed by atoms with Crippen LogP contribution < -0.4 is 5.32 Å². The second kappa shape index (κ2) is 9.78. The van der Waals surface area contributed by atoms with Gasteiger partial charge in [0.15, 0.2) is 0 Å². The van der Waals surface area contributed by atoms with Crippen LogP contribution in [-0.2, 0) is 6.42 Å². The van der Waals surface area contributed by atoms with Crippen molar-refractivity contribution in [1.82, 2.24) is 5.32 Å². The Morgan fingerprint density at radius 1 is 1.14 bits per heavy atom. The van der Waals surface area contributed by atoms with Gasteiger partial charge in [-0.1, -0.05) is 48.9 Å². The van der Waals surface area contributed by atoms with Crippen LogP contribution in [0, 0.1) is 0 Å². The van der Waals surface area contributed by atoms with E-state index in [0.717, 1.165) is 6.54 Å². The molecule has 1 unspecified atom stereocenters. The average molecular weight is 285 g/mol. The summed E-state index contributed by atoms with van der Waals surface area (Å²) in [6, 6.07) is 11.6. The first-order valence-corrected chi connectivity index (χ1v) is 8.83. The smallest absolute Gasteiger partial charge is 0.0104 e. The number of allylic oxidation sites excluding steroid dienone is 1. The van der Waals surface area contributed by atoms with E-state index in [-0.39, 0.29) is 0 Å². The van der Waals surface area contributed by atoms with Crippen LogP contribution in [0.4, 0.5) is 0 Å². The molecule has 0 heterocycles. The van der Waals surface area contributed by atoms with Gasteiger partial charge in [-0.15, -0.1) is 0 Å². The molecule has 0 aromatic heterocycles. The molecule has 0 spiro atoms. The highest BCUT2D eigenvalue weighted by atomic mass is 14.9. The van der Waals surface area contributed by atoms with E-state index in [1.165, 1.54) is 63.4 Å². The molecule has 1 nitrogen and oxygen atoms in total. The minimum absolute atomic E-state index is 0.679. The van der Waals surface area contributed by atoms with Crippen LogP contribution in [-0.4, -0.2) is 12.6 Å². The van der Waals surface area contributed by atoms with Gasteiger partial charge in [-0.05, 0) is 69.9 Å². The van der Waals surface area contributed by atoms with Gasteiger partial charge in [0.25, 0.3) is 0 Å². The van der Waals surface area contributed by atoms with Crippen molar-refractivity contribution in [3.05, 3.63) is 47.5 Å². The Balaban J connectivity index is 1.77. The second-order valence-corrected chi connectivity index (χ2v) is 6.34. The average Bonchev–Trinajstić information content (AvgIpc) is 2.54. The molecule has 1 heteroatoms. The van der Waals surface area contributed by atoms with Gasteiger partial charge in [-0.2, -0.15) is 0 Å². The van der Waals surface area contributed by atoms with Gasteiger partial charge in [0, 0.05) is 6.04 Å². The molecule has 0 radical (unpaired) electrons. The number of rotatable bonds is 9. The van der Waals surface area contributed by atoms with Crippen LogP contribution in [0.1, 0.15) is 63.9 Å². The highest BCUT2D eigenvalue weighted by molar-refractivity contribution is 5.14. The fraction of sp³-hybridized carbons (Fsp3) is 0.600. The van der Waals surface area contributed by atoms with Crippen molar-refractivity contribution in [3.8, 4) is 0 Å². The first kappa shape index (κ1) is 16.3. The third kappa shape index (κ3) is 6.48. The van der Waals surface area contributed by atoms with Crippen LogP contribution >= 0.6 is 0 Å². The topological polar surface area (TPSA) is 12.0 Å². The first-order chi connectivity index (χ1) is 10.4. The fourth-order valence-electron chi connectivity index (χ4n) is 3.23. The van der Waals surface area contributed by atoms with Crippen molar-refractivity contribution >= 4 is 0 Å². The van der Waals surface area contributed by atoms with Gasteiger partial charge < -0.3 is 5.32 Å². The zero-order valence-corrected chi connectivity index (χ0v) is 13.6. The van der Waals surface area contributed by atoms with E-state index < -0.39 is 0 Å². The highest BCUT2D eigenvalue weighted by Gasteiger charge is 2.12. The SMILES string of the molecule is CCCNC(CCCc1ccccc1)CC1=CCCCC1. The maximum absolute atomic E-state index is 3.76. The Morgan fingerprint density at radius 3 is 2.71 bits per heavy atom. The van der Waals surface area contributed by atoms with Crippen molar-refractivity contribution in [1.29, 1.82) is 0 Å². The fourth-order valence-corrected chi connectivity index (χ4v) is 3.23. The number of hydrogen-bond acceptors (Lipinski definition) is 1. The van der Waals surface area contributed by atoms with E-state index in [2.05, 4.69) is 48.6 Å². The Hall–Kier alpha value is -1.08. The van der Waals surface area contributed by atoms with Gasteiger partial charge in [-0.25, -0.2) is 0 Å². The van der Waals surface area contributed by atoms with Crippen molar-refractivity contribution < 1.29 is 0 Å². The lowest BCUT2D eigenvalue weighted by Gasteiger charge is -2.22. The molecule has 0 saturated carbocycles. The van der Waals surface area contributed by atoms with Crippen LogP contribution in [0.15, 0.2) is 42.0 Å². The van der Waals surface area contributed by atoms with Crippen molar-refractivity contribution in [2.24, 2.45) is 0 Å². The summed E-state index contributed by atoms with van der Waals surface area (Å²) >= 11 is 0. The Morgan fingerprint density at radius 2 is 2.00 bits per heavy atom. The van der Waals surface area contributed by atoms with Crippen LogP contribution in [0.2, 0.25) is 0 Å². The lowest BCUT2D eigenvalue weighted by molar-refractivity contribution is 0.454. The molecule has 1 aromatic carbocycles. The van der Waals surface area contributed by atoms with Gasteiger partial charge >= 0.3 is 0 Å². The molecule has 1 aromatic rings. The van der Waals surface area contributed by atoms with Crippen LogP contribution in [0.25, 0.3) is 0 Å².